The summed E-state index contributed by atoms with van der Waals surface area (Å²) < 4.78 is 24.8. The molecular weight excluding hydrogens is 407 g/mol. The Morgan fingerprint density at radius 3 is 2.57 bits per heavy atom. The largest absolute Gasteiger partial charge is 0.493 e. The Hall–Kier alpha value is -2.02. The van der Waals surface area contributed by atoms with Crippen LogP contribution in [0.5, 0.6) is 11.5 Å². The average molecular weight is 435 g/mol. The van der Waals surface area contributed by atoms with Gasteiger partial charge in [0.15, 0.2) is 11.5 Å². The summed E-state index contributed by atoms with van der Waals surface area (Å²) in [5.74, 6) is 0.422. The highest BCUT2D eigenvalue weighted by atomic mass is 35.5. The Kier molecular flexibility index (Phi) is 6.66. The zero-order valence-corrected chi connectivity index (χ0v) is 17.9. The van der Waals surface area contributed by atoms with Crippen molar-refractivity contribution in [2.24, 2.45) is 0 Å². The van der Waals surface area contributed by atoms with Crippen molar-refractivity contribution < 1.29 is 19.0 Å². The summed E-state index contributed by atoms with van der Waals surface area (Å²) in [6, 6.07) is 12.7. The van der Waals surface area contributed by atoms with Gasteiger partial charge in [0.2, 0.25) is 0 Å². The van der Waals surface area contributed by atoms with Gasteiger partial charge in [-0.05, 0) is 49.6 Å². The molecule has 2 aromatic carbocycles. The predicted octanol–water partition coefficient (Wildman–Crippen LogP) is 3.97. The van der Waals surface area contributed by atoms with Crippen molar-refractivity contribution in [2.75, 3.05) is 38.2 Å². The van der Waals surface area contributed by atoms with Gasteiger partial charge in [0.05, 0.1) is 13.2 Å². The van der Waals surface area contributed by atoms with E-state index in [2.05, 4.69) is 15.9 Å². The molecule has 2 aliphatic heterocycles. The maximum Gasteiger partial charge on any atom is 0.163 e. The van der Waals surface area contributed by atoms with E-state index in [1.54, 1.807) is 6.07 Å². The highest BCUT2D eigenvalue weighted by molar-refractivity contribution is 6.30. The van der Waals surface area contributed by atoms with Crippen LogP contribution >= 0.6 is 11.6 Å². The predicted molar refractivity (Wildman–Crippen MR) is 116 cm³/mol. The molecule has 7 heteroatoms. The molecule has 2 heterocycles. The third kappa shape index (κ3) is 4.82. The minimum absolute atomic E-state index is 0.342. The van der Waals surface area contributed by atoms with Crippen molar-refractivity contribution in [3.63, 3.8) is 0 Å². The minimum atomic E-state index is -0.553. The second kappa shape index (κ2) is 9.41. The Bertz CT molecular complexity index is 860. The van der Waals surface area contributed by atoms with E-state index >= 15 is 0 Å². The van der Waals surface area contributed by atoms with Crippen LogP contribution in [0.4, 0.5) is 10.1 Å². The molecule has 4 rings (SSSR count). The number of methoxy groups -OCH3 is 1. The molecule has 0 aromatic heterocycles. The van der Waals surface area contributed by atoms with E-state index in [1.165, 1.54) is 24.9 Å². The fourth-order valence-corrected chi connectivity index (χ4v) is 4.62. The normalized spacial score (nSPS) is 23.4. The summed E-state index contributed by atoms with van der Waals surface area (Å²) >= 11 is 6.14. The summed E-state index contributed by atoms with van der Waals surface area (Å²) in [4.78, 5) is 4.79. The Balaban J connectivity index is 1.37. The number of benzene rings is 2. The number of likely N-dealkylation sites (tertiary alicyclic amines) is 1. The molecular formula is C23H28ClFN2O3. The van der Waals surface area contributed by atoms with Crippen LogP contribution in [0.25, 0.3) is 0 Å². The van der Waals surface area contributed by atoms with E-state index in [0.29, 0.717) is 30.5 Å². The molecule has 5 nitrogen and oxygen atoms in total. The number of aliphatic hydroxyl groups excluding tert-OH is 1. The van der Waals surface area contributed by atoms with Gasteiger partial charge in [0.25, 0.3) is 0 Å². The van der Waals surface area contributed by atoms with E-state index in [4.69, 9.17) is 21.1 Å². The van der Waals surface area contributed by atoms with E-state index in [-0.39, 0.29) is 11.9 Å². The number of anilines is 1. The highest BCUT2D eigenvalue weighted by Crippen LogP contribution is 2.31. The molecule has 162 valence electrons. The smallest absolute Gasteiger partial charge is 0.163 e. The molecule has 2 fully saturated rings. The fourth-order valence-electron chi connectivity index (χ4n) is 4.44. The van der Waals surface area contributed by atoms with E-state index in [1.807, 2.05) is 18.2 Å². The van der Waals surface area contributed by atoms with Crippen LogP contribution in [0.2, 0.25) is 5.02 Å². The summed E-state index contributed by atoms with van der Waals surface area (Å²) in [6.07, 6.45) is 1.83. The molecule has 0 aliphatic carbocycles. The molecule has 2 aliphatic rings. The average Bonchev–Trinajstić information content (AvgIpc) is 2.76. The fraction of sp³-hybridized carbons (Fsp3) is 0.478. The lowest BCUT2D eigenvalue weighted by Crippen LogP contribution is -2.55. The Labute approximate surface area is 182 Å². The first kappa shape index (κ1) is 21.2. The van der Waals surface area contributed by atoms with Gasteiger partial charge in [-0.2, -0.15) is 0 Å². The van der Waals surface area contributed by atoms with Crippen LogP contribution in [0.15, 0.2) is 42.5 Å². The van der Waals surface area contributed by atoms with Gasteiger partial charge >= 0.3 is 0 Å². The van der Waals surface area contributed by atoms with Crippen LogP contribution in [-0.4, -0.2) is 61.5 Å². The molecule has 0 radical (unpaired) electrons. The molecule has 0 amide bonds. The highest BCUT2D eigenvalue weighted by Gasteiger charge is 2.34. The van der Waals surface area contributed by atoms with E-state index in [9.17, 15) is 9.50 Å². The maximum atomic E-state index is 13.5. The number of nitrogens with zero attached hydrogens (tertiary/aromatic N) is 2. The lowest BCUT2D eigenvalue weighted by Gasteiger charge is -2.44. The van der Waals surface area contributed by atoms with Crippen LogP contribution in [0.3, 0.4) is 0 Å². The molecule has 0 spiro atoms. The number of piperidine rings is 2. The quantitative estimate of drug-likeness (QED) is 0.771. The molecule has 1 N–H and O–H groups in total. The number of hydrogen-bond donors (Lipinski definition) is 1. The SMILES string of the molecule is COc1cc(F)ccc1O[C@@H]1CN(C2CCN(c3cccc(Cl)c3)CC2)CC[C@H]1O. The van der Waals surface area contributed by atoms with Crippen molar-refractivity contribution in [1.29, 1.82) is 0 Å². The first-order chi connectivity index (χ1) is 14.5. The Morgan fingerprint density at radius 2 is 1.83 bits per heavy atom. The zero-order chi connectivity index (χ0) is 21.1. The molecule has 0 bridgehead atoms. The molecule has 30 heavy (non-hydrogen) atoms. The van der Waals surface area contributed by atoms with Gasteiger partial charge in [-0.25, -0.2) is 4.39 Å². The van der Waals surface area contributed by atoms with E-state index < -0.39 is 6.10 Å². The van der Waals surface area contributed by atoms with Crippen molar-refractivity contribution in [1.82, 2.24) is 4.90 Å². The first-order valence-electron chi connectivity index (χ1n) is 10.5. The second-order valence-corrected chi connectivity index (χ2v) is 8.44. The maximum absolute atomic E-state index is 13.5. The van der Waals surface area contributed by atoms with E-state index in [0.717, 1.165) is 37.5 Å². The van der Waals surface area contributed by atoms with Crippen LogP contribution in [-0.2, 0) is 0 Å². The Morgan fingerprint density at radius 1 is 1.03 bits per heavy atom. The summed E-state index contributed by atoms with van der Waals surface area (Å²) in [6.45, 7) is 3.44. The third-order valence-electron chi connectivity index (χ3n) is 6.11. The summed E-state index contributed by atoms with van der Waals surface area (Å²) in [7, 11) is 1.49. The minimum Gasteiger partial charge on any atom is -0.493 e. The van der Waals surface area contributed by atoms with Gasteiger partial charge in [0, 0.05) is 49.0 Å². The number of aliphatic hydroxyl groups is 1. The number of ether oxygens (including phenoxy) is 2. The van der Waals surface area contributed by atoms with Crippen LogP contribution in [0.1, 0.15) is 19.3 Å². The molecule has 2 atom stereocenters. The molecule has 0 unspecified atom stereocenters. The standard InChI is InChI=1S/C23H28ClFN2O3/c1-29-22-14-17(25)5-6-21(22)30-23-15-27(12-9-20(23)28)18-7-10-26(11-8-18)19-4-2-3-16(24)13-19/h2-6,13-14,18,20,23,28H,7-12,15H2,1H3/t20-,23-/m1/s1. The van der Waals surface area contributed by atoms with Crippen molar-refractivity contribution in [3.8, 4) is 11.5 Å². The topological polar surface area (TPSA) is 45.2 Å². The lowest BCUT2D eigenvalue weighted by atomic mass is 9.97. The van der Waals surface area contributed by atoms with Gasteiger partial charge < -0.3 is 19.5 Å². The second-order valence-electron chi connectivity index (χ2n) is 8.00. The summed E-state index contributed by atoms with van der Waals surface area (Å²) in [5.41, 5.74) is 1.17. The molecule has 2 aromatic rings. The van der Waals surface area contributed by atoms with Gasteiger partial charge in [-0.15, -0.1) is 0 Å². The number of halogens is 2. The molecule has 2 saturated heterocycles. The van der Waals surface area contributed by atoms with Gasteiger partial charge in [0.1, 0.15) is 11.9 Å². The van der Waals surface area contributed by atoms with Crippen molar-refractivity contribution in [3.05, 3.63) is 53.3 Å². The first-order valence-corrected chi connectivity index (χ1v) is 10.8. The van der Waals surface area contributed by atoms with Crippen molar-refractivity contribution in [2.45, 2.75) is 37.5 Å². The van der Waals surface area contributed by atoms with Crippen molar-refractivity contribution >= 4 is 17.3 Å². The van der Waals surface area contributed by atoms with Gasteiger partial charge in [-0.3, -0.25) is 4.90 Å². The monoisotopic (exact) mass is 434 g/mol. The number of hydrogen-bond acceptors (Lipinski definition) is 5. The molecule has 0 saturated carbocycles. The van der Waals surface area contributed by atoms with Crippen LogP contribution < -0.4 is 14.4 Å². The number of rotatable bonds is 5. The third-order valence-corrected chi connectivity index (χ3v) is 6.35. The zero-order valence-electron chi connectivity index (χ0n) is 17.1. The summed E-state index contributed by atoms with van der Waals surface area (Å²) in [5, 5.41) is 11.3. The van der Waals surface area contributed by atoms with Crippen LogP contribution in [0, 0.1) is 5.82 Å². The lowest BCUT2D eigenvalue weighted by molar-refractivity contribution is -0.0397. The van der Waals surface area contributed by atoms with Gasteiger partial charge in [-0.1, -0.05) is 17.7 Å².